The van der Waals surface area contributed by atoms with Gasteiger partial charge in [-0.25, -0.2) is 13.6 Å². The first-order valence-electron chi connectivity index (χ1n) is 5.84. The third-order valence-corrected chi connectivity index (χ3v) is 3.47. The van der Waals surface area contributed by atoms with Gasteiger partial charge in [-0.05, 0) is 31.6 Å². The molecule has 0 radical (unpaired) electrons. The summed E-state index contributed by atoms with van der Waals surface area (Å²) in [5.41, 5.74) is -1.87. The Morgan fingerprint density at radius 1 is 1.32 bits per heavy atom. The van der Waals surface area contributed by atoms with E-state index in [0.717, 1.165) is 0 Å². The minimum atomic E-state index is -4.88. The van der Waals surface area contributed by atoms with E-state index in [1.54, 1.807) is 5.32 Å². The molecule has 0 spiro atoms. The van der Waals surface area contributed by atoms with Crippen molar-refractivity contribution in [2.75, 3.05) is 0 Å². The van der Waals surface area contributed by atoms with E-state index in [9.17, 15) is 27.2 Å². The molecule has 1 saturated carbocycles. The van der Waals surface area contributed by atoms with Crippen molar-refractivity contribution in [1.82, 2.24) is 5.32 Å². The van der Waals surface area contributed by atoms with Crippen molar-refractivity contribution in [2.45, 2.75) is 50.5 Å². The van der Waals surface area contributed by atoms with Crippen molar-refractivity contribution < 1.29 is 32.3 Å². The molecule has 19 heavy (non-hydrogen) atoms. The molecule has 0 atom stereocenters. The van der Waals surface area contributed by atoms with E-state index < -0.39 is 29.8 Å². The maximum Gasteiger partial charge on any atom is 0.383 e. The maximum absolute atomic E-state index is 12.9. The van der Waals surface area contributed by atoms with Gasteiger partial charge in [-0.15, -0.1) is 0 Å². The second kappa shape index (κ2) is 5.34. The Labute approximate surface area is 107 Å². The molecule has 0 aromatic rings. The van der Waals surface area contributed by atoms with Crippen LogP contribution in [-0.2, 0) is 9.59 Å². The molecule has 0 aromatic heterocycles. The van der Waals surface area contributed by atoms with Gasteiger partial charge in [-0.2, -0.15) is 8.78 Å². The number of carbonyl (C=O) groups excluding carboxylic acids is 1. The second-order valence-corrected chi connectivity index (χ2v) is 4.95. The average molecular weight is 285 g/mol. The van der Waals surface area contributed by atoms with Gasteiger partial charge in [-0.3, -0.25) is 4.79 Å². The Bertz CT molecular complexity index is 365. The number of rotatable bonds is 4. The number of hydrogen-bond acceptors (Lipinski definition) is 2. The van der Waals surface area contributed by atoms with Crippen LogP contribution in [0.15, 0.2) is 0 Å². The SMILES string of the molecule is CC1CCC(NC(=O)C(F)(F)C(F)F)(C(=O)O)CC1. The summed E-state index contributed by atoms with van der Waals surface area (Å²) in [6.45, 7) is 1.86. The van der Waals surface area contributed by atoms with E-state index in [1.165, 1.54) is 0 Å². The number of halogens is 4. The lowest BCUT2D eigenvalue weighted by Gasteiger charge is -2.37. The van der Waals surface area contributed by atoms with Gasteiger partial charge < -0.3 is 10.4 Å². The van der Waals surface area contributed by atoms with Crippen LogP contribution in [0.1, 0.15) is 32.6 Å². The lowest BCUT2D eigenvalue weighted by atomic mass is 9.77. The minimum absolute atomic E-state index is 0.0471. The monoisotopic (exact) mass is 285 g/mol. The zero-order chi connectivity index (χ0) is 14.8. The fraction of sp³-hybridized carbons (Fsp3) is 0.818. The number of nitrogens with one attached hydrogen (secondary N) is 1. The molecule has 4 nitrogen and oxygen atoms in total. The highest BCUT2D eigenvalue weighted by Gasteiger charge is 2.53. The largest absolute Gasteiger partial charge is 0.480 e. The van der Waals surface area contributed by atoms with Crippen LogP contribution in [-0.4, -0.2) is 34.9 Å². The minimum Gasteiger partial charge on any atom is -0.480 e. The fourth-order valence-electron chi connectivity index (χ4n) is 2.05. The first kappa shape index (κ1) is 15.7. The zero-order valence-corrected chi connectivity index (χ0v) is 10.3. The van der Waals surface area contributed by atoms with E-state index in [-0.39, 0.29) is 18.8 Å². The van der Waals surface area contributed by atoms with Crippen molar-refractivity contribution in [3.63, 3.8) is 0 Å². The first-order valence-corrected chi connectivity index (χ1v) is 5.84. The molecule has 1 aliphatic carbocycles. The van der Waals surface area contributed by atoms with Crippen LogP contribution in [0.5, 0.6) is 0 Å². The zero-order valence-electron chi connectivity index (χ0n) is 10.3. The molecule has 0 bridgehead atoms. The van der Waals surface area contributed by atoms with Crippen LogP contribution >= 0.6 is 0 Å². The molecule has 110 valence electrons. The molecule has 0 unspecified atom stereocenters. The molecule has 1 amide bonds. The summed E-state index contributed by atoms with van der Waals surface area (Å²) < 4.78 is 49.8. The van der Waals surface area contributed by atoms with E-state index in [2.05, 4.69) is 0 Å². The van der Waals surface area contributed by atoms with E-state index in [4.69, 9.17) is 5.11 Å². The van der Waals surface area contributed by atoms with Gasteiger partial charge in [0.2, 0.25) is 0 Å². The van der Waals surface area contributed by atoms with Crippen molar-refractivity contribution in [1.29, 1.82) is 0 Å². The molecule has 1 aliphatic rings. The molecule has 0 aliphatic heterocycles. The van der Waals surface area contributed by atoms with Gasteiger partial charge in [0.1, 0.15) is 5.54 Å². The Morgan fingerprint density at radius 2 is 1.79 bits per heavy atom. The number of alkyl halides is 4. The van der Waals surface area contributed by atoms with E-state index in [1.807, 2.05) is 6.92 Å². The highest BCUT2D eigenvalue weighted by Crippen LogP contribution is 2.33. The summed E-state index contributed by atoms with van der Waals surface area (Å²) in [6, 6.07) is 0. The Hall–Kier alpha value is -1.34. The Morgan fingerprint density at radius 3 is 2.16 bits per heavy atom. The molecular weight excluding hydrogens is 270 g/mol. The molecular formula is C11H15F4NO3. The van der Waals surface area contributed by atoms with Crippen molar-refractivity contribution >= 4 is 11.9 Å². The summed E-state index contributed by atoms with van der Waals surface area (Å²) in [5.74, 6) is -8.39. The topological polar surface area (TPSA) is 66.4 Å². The van der Waals surface area contributed by atoms with Crippen LogP contribution in [0.25, 0.3) is 0 Å². The van der Waals surface area contributed by atoms with E-state index >= 15 is 0 Å². The number of hydrogen-bond donors (Lipinski definition) is 2. The highest BCUT2D eigenvalue weighted by molar-refractivity contribution is 5.90. The smallest absolute Gasteiger partial charge is 0.383 e. The summed E-state index contributed by atoms with van der Waals surface area (Å²) in [5, 5.41) is 10.7. The van der Waals surface area contributed by atoms with Gasteiger partial charge >= 0.3 is 18.3 Å². The van der Waals surface area contributed by atoms with E-state index in [0.29, 0.717) is 12.8 Å². The third-order valence-electron chi connectivity index (χ3n) is 3.47. The lowest BCUT2D eigenvalue weighted by molar-refractivity contribution is -0.174. The van der Waals surface area contributed by atoms with Gasteiger partial charge in [0.25, 0.3) is 5.91 Å². The third kappa shape index (κ3) is 3.16. The molecule has 0 saturated heterocycles. The maximum atomic E-state index is 12.9. The van der Waals surface area contributed by atoms with Crippen LogP contribution in [0.2, 0.25) is 0 Å². The van der Waals surface area contributed by atoms with Crippen LogP contribution in [0.4, 0.5) is 17.6 Å². The van der Waals surface area contributed by atoms with Gasteiger partial charge in [0.05, 0.1) is 0 Å². The van der Waals surface area contributed by atoms with Crippen LogP contribution in [0.3, 0.4) is 0 Å². The van der Waals surface area contributed by atoms with Gasteiger partial charge in [0, 0.05) is 0 Å². The summed E-state index contributed by atoms with van der Waals surface area (Å²) in [6.07, 6.45) is -3.41. The lowest BCUT2D eigenvalue weighted by Crippen LogP contribution is -2.60. The summed E-state index contributed by atoms with van der Waals surface area (Å²) >= 11 is 0. The number of carboxylic acid groups (broad SMARTS) is 1. The standard InChI is InChI=1S/C11H15F4NO3/c1-6-2-4-10(5-3-6,9(18)19)16-8(17)11(14,15)7(12)13/h6-7H,2-5H2,1H3,(H,16,17)(H,18,19). The van der Waals surface area contributed by atoms with Crippen molar-refractivity contribution in [3.05, 3.63) is 0 Å². The first-order chi connectivity index (χ1) is 8.62. The Kier molecular flexibility index (Phi) is 4.42. The predicted molar refractivity (Wildman–Crippen MR) is 57.1 cm³/mol. The average Bonchev–Trinajstić information content (AvgIpc) is 2.31. The molecule has 8 heteroatoms. The van der Waals surface area contributed by atoms with Crippen LogP contribution in [0, 0.1) is 5.92 Å². The molecule has 1 fully saturated rings. The molecule has 1 rings (SSSR count). The van der Waals surface area contributed by atoms with Gasteiger partial charge in [-0.1, -0.05) is 6.92 Å². The molecule has 0 heterocycles. The number of aliphatic carboxylic acids is 1. The van der Waals surface area contributed by atoms with Crippen molar-refractivity contribution in [3.8, 4) is 0 Å². The quantitative estimate of drug-likeness (QED) is 0.777. The summed E-state index contributed by atoms with van der Waals surface area (Å²) in [7, 11) is 0. The Balaban J connectivity index is 2.86. The van der Waals surface area contributed by atoms with Gasteiger partial charge in [0.15, 0.2) is 0 Å². The highest BCUT2D eigenvalue weighted by atomic mass is 19.3. The number of amides is 1. The van der Waals surface area contributed by atoms with Crippen LogP contribution < -0.4 is 5.32 Å². The fourth-order valence-corrected chi connectivity index (χ4v) is 2.05. The number of carbonyl (C=O) groups is 2. The second-order valence-electron chi connectivity index (χ2n) is 4.95. The molecule has 2 N–H and O–H groups in total. The molecule has 0 aromatic carbocycles. The van der Waals surface area contributed by atoms with Crippen molar-refractivity contribution in [2.24, 2.45) is 5.92 Å². The summed E-state index contributed by atoms with van der Waals surface area (Å²) in [4.78, 5) is 22.3. The number of carboxylic acids is 1. The normalized spacial score (nSPS) is 28.2. The predicted octanol–water partition coefficient (Wildman–Crippen LogP) is 2.04.